The average Bonchev–Trinajstić information content (AvgIpc) is 2.97. The zero-order chi connectivity index (χ0) is 15.3. The molecule has 0 spiro atoms. The number of ether oxygens (including phenoxy) is 2. The van der Waals surface area contributed by atoms with Crippen LogP contribution in [0.15, 0.2) is 24.3 Å². The van der Waals surface area contributed by atoms with Gasteiger partial charge in [0, 0.05) is 19.7 Å². The van der Waals surface area contributed by atoms with Crippen molar-refractivity contribution in [2.45, 2.75) is 32.2 Å². The zero-order valence-corrected chi connectivity index (χ0v) is 12.0. The molecule has 0 amide bonds. The summed E-state index contributed by atoms with van der Waals surface area (Å²) in [5.74, 6) is 0.224. The lowest BCUT2D eigenvalue weighted by Gasteiger charge is -2.28. The highest BCUT2D eigenvalue weighted by Crippen LogP contribution is 2.31. The van der Waals surface area contributed by atoms with Gasteiger partial charge in [-0.25, -0.2) is 0 Å². The Balaban J connectivity index is 2.08. The molecule has 0 N–H and O–H groups in total. The van der Waals surface area contributed by atoms with Gasteiger partial charge in [0.25, 0.3) is 0 Å². The van der Waals surface area contributed by atoms with E-state index in [2.05, 4.69) is 4.90 Å². The minimum absolute atomic E-state index is 0.224. The van der Waals surface area contributed by atoms with Crippen LogP contribution in [0.5, 0.6) is 5.75 Å². The number of hydrogen-bond donors (Lipinski definition) is 0. The maximum atomic E-state index is 12.7. The quantitative estimate of drug-likeness (QED) is 0.802. The van der Waals surface area contributed by atoms with Crippen LogP contribution in [0.3, 0.4) is 0 Å². The minimum Gasteiger partial charge on any atom is -0.473 e. The van der Waals surface area contributed by atoms with Crippen LogP contribution in [0.1, 0.15) is 25.3 Å². The van der Waals surface area contributed by atoms with Crippen molar-refractivity contribution >= 4 is 0 Å². The van der Waals surface area contributed by atoms with Gasteiger partial charge in [-0.15, -0.1) is 0 Å². The van der Waals surface area contributed by atoms with Crippen LogP contribution in [-0.4, -0.2) is 37.4 Å². The van der Waals surface area contributed by atoms with Gasteiger partial charge in [0.1, 0.15) is 5.75 Å². The SMILES string of the molecule is CCOCC(Oc1cccc(C(F)(F)F)c1)N1CCCC1. The predicted octanol–water partition coefficient (Wildman–Crippen LogP) is 3.54. The second-order valence-electron chi connectivity index (χ2n) is 5.00. The first-order chi connectivity index (χ1) is 10.0. The summed E-state index contributed by atoms with van der Waals surface area (Å²) in [7, 11) is 0. The number of alkyl halides is 3. The number of halogens is 3. The van der Waals surface area contributed by atoms with Crippen LogP contribution in [0.4, 0.5) is 13.2 Å². The molecule has 6 heteroatoms. The Kier molecular flexibility index (Phi) is 5.47. The van der Waals surface area contributed by atoms with Gasteiger partial charge in [0.05, 0.1) is 12.2 Å². The van der Waals surface area contributed by atoms with E-state index < -0.39 is 11.7 Å². The van der Waals surface area contributed by atoms with Gasteiger partial charge in [0.2, 0.25) is 0 Å². The van der Waals surface area contributed by atoms with Crippen molar-refractivity contribution in [2.24, 2.45) is 0 Å². The summed E-state index contributed by atoms with van der Waals surface area (Å²) in [5, 5.41) is 0. The molecule has 1 heterocycles. The number of hydrogen-bond acceptors (Lipinski definition) is 3. The third-order valence-electron chi connectivity index (χ3n) is 3.45. The molecule has 0 bridgehead atoms. The van der Waals surface area contributed by atoms with E-state index in [-0.39, 0.29) is 12.0 Å². The smallest absolute Gasteiger partial charge is 0.416 e. The molecule has 3 nitrogen and oxygen atoms in total. The molecule has 0 saturated carbocycles. The highest BCUT2D eigenvalue weighted by Gasteiger charge is 2.31. The number of benzene rings is 1. The molecule has 0 aromatic heterocycles. The first-order valence-corrected chi connectivity index (χ1v) is 7.16. The summed E-state index contributed by atoms with van der Waals surface area (Å²) in [6.45, 7) is 4.56. The number of nitrogens with zero attached hydrogens (tertiary/aromatic N) is 1. The summed E-state index contributed by atoms with van der Waals surface area (Å²) in [4.78, 5) is 2.11. The molecule has 1 atom stereocenters. The van der Waals surface area contributed by atoms with Crippen molar-refractivity contribution in [3.8, 4) is 5.75 Å². The van der Waals surface area contributed by atoms with E-state index in [4.69, 9.17) is 9.47 Å². The fourth-order valence-corrected chi connectivity index (χ4v) is 2.37. The van der Waals surface area contributed by atoms with E-state index in [1.54, 1.807) is 6.07 Å². The lowest BCUT2D eigenvalue weighted by atomic mass is 10.2. The Labute approximate surface area is 122 Å². The standard InChI is InChI=1S/C15H20F3NO2/c1-2-20-11-14(19-8-3-4-9-19)21-13-7-5-6-12(10-13)15(16,17)18/h5-7,10,14H,2-4,8-9,11H2,1H3. The first-order valence-electron chi connectivity index (χ1n) is 7.16. The summed E-state index contributed by atoms with van der Waals surface area (Å²) >= 11 is 0. The lowest BCUT2D eigenvalue weighted by Crippen LogP contribution is -2.41. The normalized spacial score (nSPS) is 17.9. The number of likely N-dealkylation sites (tertiary alicyclic amines) is 1. The lowest BCUT2D eigenvalue weighted by molar-refractivity contribution is -0.137. The zero-order valence-electron chi connectivity index (χ0n) is 12.0. The molecule has 1 aromatic rings. The fraction of sp³-hybridized carbons (Fsp3) is 0.600. The third kappa shape index (κ3) is 4.61. The summed E-state index contributed by atoms with van der Waals surface area (Å²) in [6, 6.07) is 4.99. The van der Waals surface area contributed by atoms with Crippen LogP contribution in [0, 0.1) is 0 Å². The molecule has 21 heavy (non-hydrogen) atoms. The number of rotatable bonds is 6. The third-order valence-corrected chi connectivity index (χ3v) is 3.45. The van der Waals surface area contributed by atoms with E-state index in [1.807, 2.05) is 6.92 Å². The van der Waals surface area contributed by atoms with Gasteiger partial charge in [-0.2, -0.15) is 13.2 Å². The first kappa shape index (κ1) is 16.1. The minimum atomic E-state index is -4.36. The fourth-order valence-electron chi connectivity index (χ4n) is 2.37. The second kappa shape index (κ2) is 7.13. The largest absolute Gasteiger partial charge is 0.473 e. The van der Waals surface area contributed by atoms with E-state index in [0.29, 0.717) is 13.2 Å². The van der Waals surface area contributed by atoms with Crippen molar-refractivity contribution in [3.63, 3.8) is 0 Å². The Morgan fingerprint density at radius 3 is 2.57 bits per heavy atom. The molecule has 1 unspecified atom stereocenters. The predicted molar refractivity (Wildman–Crippen MR) is 73.2 cm³/mol. The summed E-state index contributed by atoms with van der Waals surface area (Å²) in [5.41, 5.74) is -0.698. The van der Waals surface area contributed by atoms with Gasteiger partial charge in [0.15, 0.2) is 6.23 Å². The van der Waals surface area contributed by atoms with Crippen LogP contribution in [-0.2, 0) is 10.9 Å². The van der Waals surface area contributed by atoms with Gasteiger partial charge >= 0.3 is 6.18 Å². The van der Waals surface area contributed by atoms with Gasteiger partial charge < -0.3 is 9.47 Å². The Bertz CT molecular complexity index is 445. The summed E-state index contributed by atoms with van der Waals surface area (Å²) < 4.78 is 49.3. The van der Waals surface area contributed by atoms with E-state index in [1.165, 1.54) is 6.07 Å². The van der Waals surface area contributed by atoms with Crippen LogP contribution in [0.2, 0.25) is 0 Å². The Hall–Kier alpha value is -1.27. The van der Waals surface area contributed by atoms with Crippen molar-refractivity contribution in [3.05, 3.63) is 29.8 Å². The molecular weight excluding hydrogens is 283 g/mol. The van der Waals surface area contributed by atoms with Gasteiger partial charge in [-0.05, 0) is 38.0 Å². The van der Waals surface area contributed by atoms with Gasteiger partial charge in [-0.1, -0.05) is 6.07 Å². The van der Waals surface area contributed by atoms with E-state index in [0.717, 1.165) is 38.1 Å². The Morgan fingerprint density at radius 1 is 1.24 bits per heavy atom. The van der Waals surface area contributed by atoms with Crippen molar-refractivity contribution in [2.75, 3.05) is 26.3 Å². The maximum absolute atomic E-state index is 12.7. The van der Waals surface area contributed by atoms with Gasteiger partial charge in [-0.3, -0.25) is 4.90 Å². The van der Waals surface area contributed by atoms with E-state index in [9.17, 15) is 13.2 Å². The van der Waals surface area contributed by atoms with Crippen molar-refractivity contribution < 1.29 is 22.6 Å². The van der Waals surface area contributed by atoms with Crippen LogP contribution >= 0.6 is 0 Å². The molecule has 2 rings (SSSR count). The molecule has 118 valence electrons. The molecular formula is C15H20F3NO2. The van der Waals surface area contributed by atoms with Crippen LogP contribution < -0.4 is 4.74 Å². The monoisotopic (exact) mass is 303 g/mol. The van der Waals surface area contributed by atoms with Crippen LogP contribution in [0.25, 0.3) is 0 Å². The Morgan fingerprint density at radius 2 is 1.95 bits per heavy atom. The van der Waals surface area contributed by atoms with E-state index >= 15 is 0 Å². The van der Waals surface area contributed by atoms with Crippen molar-refractivity contribution in [1.29, 1.82) is 0 Å². The highest BCUT2D eigenvalue weighted by atomic mass is 19.4. The second-order valence-corrected chi connectivity index (χ2v) is 5.00. The average molecular weight is 303 g/mol. The maximum Gasteiger partial charge on any atom is 0.416 e. The topological polar surface area (TPSA) is 21.7 Å². The highest BCUT2D eigenvalue weighted by molar-refractivity contribution is 5.30. The molecule has 1 fully saturated rings. The molecule has 1 saturated heterocycles. The molecule has 0 aliphatic carbocycles. The molecule has 1 aliphatic heterocycles. The summed E-state index contributed by atoms with van der Waals surface area (Å²) in [6.07, 6.45) is -2.54. The molecule has 1 aliphatic rings. The molecule has 1 aromatic carbocycles. The molecule has 0 radical (unpaired) electrons. The van der Waals surface area contributed by atoms with Crippen molar-refractivity contribution in [1.82, 2.24) is 4.90 Å².